The number of hydrogen-bond acceptors (Lipinski definition) is 7. The highest BCUT2D eigenvalue weighted by molar-refractivity contribution is 5.95. The van der Waals surface area contributed by atoms with Crippen LogP contribution in [-0.4, -0.2) is 42.6 Å². The van der Waals surface area contributed by atoms with Crippen LogP contribution in [-0.2, 0) is 4.74 Å². The van der Waals surface area contributed by atoms with E-state index in [9.17, 15) is 0 Å². The molecule has 2 aromatic heterocycles. The quantitative estimate of drug-likeness (QED) is 0.451. The first-order chi connectivity index (χ1) is 13.8. The molecular weight excluding hydrogens is 358 g/mol. The Labute approximate surface area is 161 Å². The lowest BCUT2D eigenvalue weighted by Gasteiger charge is -2.13. The standard InChI is InChI=1S/C21H19N3O4/c1-25-9-10-27-20-11-16-17(13-23-24-18(16)12-19(20)26-2)14-3-5-15(6-4-14)21-22-7-8-28-21/h3-8,11-13H,9-10H2,1-2H3. The minimum Gasteiger partial charge on any atom is -0.493 e. The molecule has 28 heavy (non-hydrogen) atoms. The van der Waals surface area contributed by atoms with Crippen molar-refractivity contribution in [3.05, 3.63) is 55.1 Å². The number of rotatable bonds is 7. The first-order valence-electron chi connectivity index (χ1n) is 8.75. The second-order valence-electron chi connectivity index (χ2n) is 6.03. The van der Waals surface area contributed by atoms with Gasteiger partial charge in [-0.05, 0) is 23.8 Å². The van der Waals surface area contributed by atoms with Crippen molar-refractivity contribution in [3.63, 3.8) is 0 Å². The van der Waals surface area contributed by atoms with Gasteiger partial charge in [0.15, 0.2) is 11.5 Å². The average Bonchev–Trinajstić information content (AvgIpc) is 3.28. The Bertz CT molecular complexity index is 1060. The van der Waals surface area contributed by atoms with Gasteiger partial charge in [0, 0.05) is 29.7 Å². The number of hydrogen-bond donors (Lipinski definition) is 0. The summed E-state index contributed by atoms with van der Waals surface area (Å²) in [5.41, 5.74) is 3.59. The molecule has 0 aliphatic carbocycles. The molecule has 2 aromatic carbocycles. The second kappa shape index (κ2) is 8.06. The summed E-state index contributed by atoms with van der Waals surface area (Å²) in [4.78, 5) is 4.18. The molecule has 0 atom stereocenters. The molecule has 0 unspecified atom stereocenters. The molecule has 0 spiro atoms. The van der Waals surface area contributed by atoms with Crippen molar-refractivity contribution in [2.75, 3.05) is 27.4 Å². The van der Waals surface area contributed by atoms with Crippen molar-refractivity contribution in [1.29, 1.82) is 0 Å². The zero-order chi connectivity index (χ0) is 19.3. The van der Waals surface area contributed by atoms with E-state index in [-0.39, 0.29) is 0 Å². The largest absolute Gasteiger partial charge is 0.493 e. The highest BCUT2D eigenvalue weighted by Crippen LogP contribution is 2.36. The SMILES string of the molecule is COCCOc1cc2c(-c3ccc(-c4ncco4)cc3)cnnc2cc1OC. The van der Waals surface area contributed by atoms with Gasteiger partial charge in [-0.2, -0.15) is 10.2 Å². The number of ether oxygens (including phenoxy) is 3. The molecule has 0 bridgehead atoms. The highest BCUT2D eigenvalue weighted by atomic mass is 16.5. The Morgan fingerprint density at radius 1 is 0.964 bits per heavy atom. The highest BCUT2D eigenvalue weighted by Gasteiger charge is 2.13. The lowest BCUT2D eigenvalue weighted by Crippen LogP contribution is -2.05. The molecule has 4 rings (SSSR count). The van der Waals surface area contributed by atoms with Gasteiger partial charge in [-0.25, -0.2) is 4.98 Å². The van der Waals surface area contributed by atoms with Crippen LogP contribution in [0.5, 0.6) is 11.5 Å². The van der Waals surface area contributed by atoms with Crippen molar-refractivity contribution >= 4 is 10.9 Å². The number of nitrogens with zero attached hydrogens (tertiary/aromatic N) is 3. The summed E-state index contributed by atoms with van der Waals surface area (Å²) >= 11 is 0. The van der Waals surface area contributed by atoms with Crippen LogP contribution in [0.3, 0.4) is 0 Å². The Hall–Kier alpha value is -3.45. The average molecular weight is 377 g/mol. The molecule has 7 nitrogen and oxygen atoms in total. The van der Waals surface area contributed by atoms with Crippen molar-refractivity contribution in [2.45, 2.75) is 0 Å². The first-order valence-corrected chi connectivity index (χ1v) is 8.75. The molecule has 0 saturated carbocycles. The van der Waals surface area contributed by atoms with Gasteiger partial charge in [0.1, 0.15) is 12.9 Å². The summed E-state index contributed by atoms with van der Waals surface area (Å²) in [6.07, 6.45) is 4.93. The topological polar surface area (TPSA) is 79.5 Å². The lowest BCUT2D eigenvalue weighted by atomic mass is 10.0. The normalized spacial score (nSPS) is 10.9. The molecule has 0 fully saturated rings. The Balaban J connectivity index is 1.75. The smallest absolute Gasteiger partial charge is 0.225 e. The molecule has 0 N–H and O–H groups in total. The molecule has 7 heteroatoms. The molecular formula is C21H19N3O4. The summed E-state index contributed by atoms with van der Waals surface area (Å²) in [5, 5.41) is 9.30. The summed E-state index contributed by atoms with van der Waals surface area (Å²) in [5.74, 6) is 1.83. The van der Waals surface area contributed by atoms with Gasteiger partial charge in [-0.3, -0.25) is 0 Å². The van der Waals surface area contributed by atoms with E-state index in [1.54, 1.807) is 32.9 Å². The van der Waals surface area contributed by atoms with E-state index in [1.807, 2.05) is 36.4 Å². The summed E-state index contributed by atoms with van der Waals surface area (Å²) in [6, 6.07) is 11.7. The van der Waals surface area contributed by atoms with Crippen molar-refractivity contribution in [1.82, 2.24) is 15.2 Å². The summed E-state index contributed by atoms with van der Waals surface area (Å²) in [7, 11) is 3.24. The van der Waals surface area contributed by atoms with Crippen LogP contribution < -0.4 is 9.47 Å². The fourth-order valence-electron chi connectivity index (χ4n) is 2.96. The van der Waals surface area contributed by atoms with Crippen molar-refractivity contribution < 1.29 is 18.6 Å². The third kappa shape index (κ3) is 3.52. The molecule has 2 heterocycles. The van der Waals surface area contributed by atoms with Gasteiger partial charge in [-0.15, -0.1) is 0 Å². The van der Waals surface area contributed by atoms with Gasteiger partial charge < -0.3 is 18.6 Å². The van der Waals surface area contributed by atoms with Crippen molar-refractivity contribution in [3.8, 4) is 34.1 Å². The summed E-state index contributed by atoms with van der Waals surface area (Å²) in [6.45, 7) is 0.919. The van der Waals surface area contributed by atoms with Gasteiger partial charge >= 0.3 is 0 Å². The Morgan fingerprint density at radius 3 is 2.50 bits per heavy atom. The van der Waals surface area contributed by atoms with E-state index in [4.69, 9.17) is 18.6 Å². The van der Waals surface area contributed by atoms with Gasteiger partial charge in [-0.1, -0.05) is 12.1 Å². The third-order valence-corrected chi connectivity index (χ3v) is 4.34. The Kier molecular flexibility index (Phi) is 5.16. The molecule has 0 aliphatic heterocycles. The fraction of sp³-hybridized carbons (Fsp3) is 0.190. The zero-order valence-corrected chi connectivity index (χ0v) is 15.6. The van der Waals surface area contributed by atoms with E-state index >= 15 is 0 Å². The number of oxazole rings is 1. The van der Waals surface area contributed by atoms with E-state index in [0.717, 1.165) is 27.6 Å². The molecule has 0 aliphatic rings. The van der Waals surface area contributed by atoms with Crippen LogP contribution in [0.2, 0.25) is 0 Å². The number of methoxy groups -OCH3 is 2. The summed E-state index contributed by atoms with van der Waals surface area (Å²) < 4.78 is 21.7. The van der Waals surface area contributed by atoms with Crippen LogP contribution in [0.4, 0.5) is 0 Å². The van der Waals surface area contributed by atoms with E-state index < -0.39 is 0 Å². The van der Waals surface area contributed by atoms with Crippen LogP contribution in [0.1, 0.15) is 0 Å². The maximum absolute atomic E-state index is 5.82. The lowest BCUT2D eigenvalue weighted by molar-refractivity contribution is 0.144. The first kappa shape index (κ1) is 17.9. The van der Waals surface area contributed by atoms with E-state index in [0.29, 0.717) is 30.6 Å². The van der Waals surface area contributed by atoms with E-state index in [1.165, 1.54) is 0 Å². The maximum Gasteiger partial charge on any atom is 0.225 e. The number of fused-ring (bicyclic) bond motifs is 1. The number of benzene rings is 2. The van der Waals surface area contributed by atoms with Gasteiger partial charge in [0.25, 0.3) is 0 Å². The Morgan fingerprint density at radius 2 is 1.79 bits per heavy atom. The van der Waals surface area contributed by atoms with Crippen LogP contribution in [0.15, 0.2) is 59.5 Å². The molecule has 0 saturated heterocycles. The van der Waals surface area contributed by atoms with Crippen LogP contribution in [0, 0.1) is 0 Å². The van der Waals surface area contributed by atoms with Gasteiger partial charge in [0.05, 0.1) is 31.6 Å². The van der Waals surface area contributed by atoms with E-state index in [2.05, 4.69) is 15.2 Å². The van der Waals surface area contributed by atoms with Crippen LogP contribution in [0.25, 0.3) is 33.5 Å². The molecule has 4 aromatic rings. The third-order valence-electron chi connectivity index (χ3n) is 4.34. The fourth-order valence-corrected chi connectivity index (χ4v) is 2.96. The minimum absolute atomic E-state index is 0.428. The predicted molar refractivity (Wildman–Crippen MR) is 104 cm³/mol. The minimum atomic E-state index is 0.428. The molecule has 0 radical (unpaired) electrons. The zero-order valence-electron chi connectivity index (χ0n) is 15.6. The predicted octanol–water partition coefficient (Wildman–Crippen LogP) is 3.99. The second-order valence-corrected chi connectivity index (χ2v) is 6.03. The maximum atomic E-state index is 5.82. The van der Waals surface area contributed by atoms with Crippen LogP contribution >= 0.6 is 0 Å². The molecule has 142 valence electrons. The molecule has 0 amide bonds. The van der Waals surface area contributed by atoms with Crippen molar-refractivity contribution in [2.24, 2.45) is 0 Å². The van der Waals surface area contributed by atoms with Gasteiger partial charge in [0.2, 0.25) is 5.89 Å². The number of aromatic nitrogens is 3. The monoisotopic (exact) mass is 377 g/mol.